The molecule has 2 fully saturated rings. The fourth-order valence-electron chi connectivity index (χ4n) is 5.10. The Balaban J connectivity index is 1.38. The third-order valence-corrected chi connectivity index (χ3v) is 7.09. The van der Waals surface area contributed by atoms with Crippen LogP contribution in [0.4, 0.5) is 19.4 Å². The lowest BCUT2D eigenvalue weighted by atomic mass is 9.93. The zero-order valence-electron chi connectivity index (χ0n) is 23.5. The van der Waals surface area contributed by atoms with E-state index >= 15 is 0 Å². The van der Waals surface area contributed by atoms with E-state index in [1.807, 2.05) is 6.07 Å². The molecule has 11 nitrogen and oxygen atoms in total. The van der Waals surface area contributed by atoms with Crippen molar-refractivity contribution in [1.82, 2.24) is 29.7 Å². The number of nitrogens with zero attached hydrogens (tertiary/aromatic N) is 6. The van der Waals surface area contributed by atoms with Crippen molar-refractivity contribution in [2.75, 3.05) is 50.8 Å². The molecule has 0 unspecified atom stereocenters. The number of hydrogen-bond acceptors (Lipinski definition) is 8. The number of morpholine rings is 1. The second-order valence-corrected chi connectivity index (χ2v) is 11.2. The number of piperidine rings is 1. The number of carbonyl (C=O) groups excluding carboxylic acids is 2. The third-order valence-electron chi connectivity index (χ3n) is 7.09. The Morgan fingerprint density at radius 1 is 1.07 bits per heavy atom. The Hall–Kier alpha value is -3.87. The predicted molar refractivity (Wildman–Crippen MR) is 147 cm³/mol. The molecule has 0 spiro atoms. The van der Waals surface area contributed by atoms with Crippen molar-refractivity contribution in [2.24, 2.45) is 0 Å². The van der Waals surface area contributed by atoms with Crippen LogP contribution in [0.15, 0.2) is 30.3 Å². The number of aromatic nitrogens is 4. The summed E-state index contributed by atoms with van der Waals surface area (Å²) in [5, 5.41) is 2.52. The number of para-hydroxylation sites is 2. The monoisotopic (exact) mass is 571 g/mol. The lowest BCUT2D eigenvalue weighted by molar-refractivity contribution is -0.131. The summed E-state index contributed by atoms with van der Waals surface area (Å²) in [7, 11) is 0. The van der Waals surface area contributed by atoms with E-state index in [4.69, 9.17) is 19.4 Å². The molecular weight excluding hydrogens is 536 g/mol. The Labute approximate surface area is 236 Å². The van der Waals surface area contributed by atoms with Crippen molar-refractivity contribution in [3.63, 3.8) is 0 Å². The van der Waals surface area contributed by atoms with Crippen LogP contribution in [0.3, 0.4) is 0 Å². The van der Waals surface area contributed by atoms with Crippen LogP contribution < -0.4 is 10.2 Å². The van der Waals surface area contributed by atoms with Gasteiger partial charge in [-0.1, -0.05) is 12.1 Å². The summed E-state index contributed by atoms with van der Waals surface area (Å²) >= 11 is 0. The molecule has 2 aliphatic rings. The predicted octanol–water partition coefficient (Wildman–Crippen LogP) is 3.82. The van der Waals surface area contributed by atoms with Crippen molar-refractivity contribution < 1.29 is 27.8 Å². The first-order valence-electron chi connectivity index (χ1n) is 13.8. The second-order valence-electron chi connectivity index (χ2n) is 11.2. The van der Waals surface area contributed by atoms with Gasteiger partial charge in [0.25, 0.3) is 6.43 Å². The maximum Gasteiger partial charge on any atom is 0.408 e. The minimum Gasteiger partial charge on any atom is -0.444 e. The number of nitrogens with one attached hydrogen (secondary N) is 1. The highest BCUT2D eigenvalue weighted by Gasteiger charge is 2.29. The van der Waals surface area contributed by atoms with E-state index in [-0.39, 0.29) is 24.3 Å². The van der Waals surface area contributed by atoms with E-state index in [9.17, 15) is 18.4 Å². The van der Waals surface area contributed by atoms with Crippen molar-refractivity contribution in [2.45, 2.75) is 51.6 Å². The largest absolute Gasteiger partial charge is 0.444 e. The summed E-state index contributed by atoms with van der Waals surface area (Å²) in [6.45, 7) is 8.40. The molecule has 41 heavy (non-hydrogen) atoms. The van der Waals surface area contributed by atoms with Gasteiger partial charge >= 0.3 is 6.09 Å². The molecule has 2 saturated heterocycles. The fraction of sp³-hybridized carbons (Fsp3) is 0.536. The topological polar surface area (TPSA) is 115 Å². The number of fused-ring (bicyclic) bond motifs is 1. The maximum atomic E-state index is 14.1. The molecule has 1 N–H and O–H groups in total. The summed E-state index contributed by atoms with van der Waals surface area (Å²) < 4.78 is 40.3. The maximum absolute atomic E-state index is 14.1. The Kier molecular flexibility index (Phi) is 8.34. The third kappa shape index (κ3) is 6.72. The van der Waals surface area contributed by atoms with E-state index < -0.39 is 23.9 Å². The van der Waals surface area contributed by atoms with Gasteiger partial charge in [0.2, 0.25) is 11.9 Å². The summed E-state index contributed by atoms with van der Waals surface area (Å²) in [5.74, 6) is 0.177. The average molecular weight is 572 g/mol. The highest BCUT2D eigenvalue weighted by molar-refractivity contribution is 5.82. The number of hydrogen-bond donors (Lipinski definition) is 1. The lowest BCUT2D eigenvalue weighted by Gasteiger charge is -2.33. The highest BCUT2D eigenvalue weighted by atomic mass is 19.3. The van der Waals surface area contributed by atoms with Gasteiger partial charge in [-0.3, -0.25) is 9.36 Å². The molecule has 0 radical (unpaired) electrons. The van der Waals surface area contributed by atoms with Crippen LogP contribution in [0.1, 0.15) is 57.5 Å². The van der Waals surface area contributed by atoms with E-state index in [1.54, 1.807) is 49.9 Å². The van der Waals surface area contributed by atoms with Crippen LogP contribution in [0.2, 0.25) is 0 Å². The van der Waals surface area contributed by atoms with Gasteiger partial charge in [-0.25, -0.2) is 23.5 Å². The van der Waals surface area contributed by atoms with Crippen molar-refractivity contribution in [3.8, 4) is 5.95 Å². The first kappa shape index (κ1) is 28.7. The highest BCUT2D eigenvalue weighted by Crippen LogP contribution is 2.32. The smallest absolute Gasteiger partial charge is 0.408 e. The molecule has 4 heterocycles. The van der Waals surface area contributed by atoms with Crippen LogP contribution in [-0.2, 0) is 14.3 Å². The molecule has 2 aromatic heterocycles. The van der Waals surface area contributed by atoms with Crippen LogP contribution in [-0.4, -0.2) is 88.0 Å². The van der Waals surface area contributed by atoms with Crippen molar-refractivity contribution in [3.05, 3.63) is 41.9 Å². The van der Waals surface area contributed by atoms with Crippen LogP contribution in [0.5, 0.6) is 0 Å². The van der Waals surface area contributed by atoms with Crippen molar-refractivity contribution >= 4 is 28.9 Å². The first-order valence-corrected chi connectivity index (χ1v) is 13.8. The molecule has 5 rings (SSSR count). The van der Waals surface area contributed by atoms with Gasteiger partial charge in [-0.2, -0.15) is 4.98 Å². The molecule has 13 heteroatoms. The second kappa shape index (κ2) is 11.9. The number of rotatable bonds is 6. The minimum absolute atomic E-state index is 0.0100. The Morgan fingerprint density at radius 2 is 1.78 bits per heavy atom. The number of carbonyl (C=O) groups is 2. The summed E-state index contributed by atoms with van der Waals surface area (Å²) in [6.07, 6.45) is -2.20. The number of likely N-dealkylation sites (tertiary alicyclic amines) is 1. The molecule has 2 aliphatic heterocycles. The van der Waals surface area contributed by atoms with E-state index in [0.717, 1.165) is 5.69 Å². The number of imidazole rings is 1. The molecular formula is C28H35F2N7O4. The van der Waals surface area contributed by atoms with Gasteiger partial charge in [0.05, 0.1) is 29.9 Å². The van der Waals surface area contributed by atoms with Gasteiger partial charge in [0.1, 0.15) is 18.0 Å². The standard InChI is InChI=1S/C28H35F2N7O4/c1-28(2,3)41-27(39)31-17-23(38)36-10-8-18(9-11-36)20-16-22(35-12-14-40-15-13-35)34-26(33-20)37-21-7-5-4-6-19(21)32-25(37)24(29)30/h4-7,16,18,24H,8-15,17H2,1-3H3,(H,31,39). The Morgan fingerprint density at radius 3 is 2.46 bits per heavy atom. The van der Waals surface area contributed by atoms with Gasteiger partial charge in [-0.15, -0.1) is 0 Å². The van der Waals surface area contributed by atoms with Gasteiger partial charge in [0, 0.05) is 38.2 Å². The first-order chi connectivity index (χ1) is 19.6. The lowest BCUT2D eigenvalue weighted by Crippen LogP contribution is -2.44. The molecule has 220 valence electrons. The Bertz CT molecular complexity index is 1390. The van der Waals surface area contributed by atoms with E-state index in [2.05, 4.69) is 15.2 Å². The molecule has 0 aliphatic carbocycles. The van der Waals surface area contributed by atoms with Crippen LogP contribution in [0, 0.1) is 0 Å². The molecule has 0 atom stereocenters. The zero-order chi connectivity index (χ0) is 29.1. The van der Waals surface area contributed by atoms with Crippen LogP contribution in [0.25, 0.3) is 17.0 Å². The number of alkyl halides is 2. The molecule has 0 saturated carbocycles. The average Bonchev–Trinajstić information content (AvgIpc) is 3.36. The fourth-order valence-corrected chi connectivity index (χ4v) is 5.10. The molecule has 0 bridgehead atoms. The quantitative estimate of drug-likeness (QED) is 0.475. The van der Waals surface area contributed by atoms with Gasteiger partial charge < -0.3 is 24.6 Å². The SMILES string of the molecule is CC(C)(C)OC(=O)NCC(=O)N1CCC(c2cc(N3CCOCC3)nc(-n3c(C(F)F)nc4ccccc43)n2)CC1. The zero-order valence-corrected chi connectivity index (χ0v) is 23.5. The number of anilines is 1. The number of amides is 2. The number of benzene rings is 1. The summed E-state index contributed by atoms with van der Waals surface area (Å²) in [4.78, 5) is 42.1. The minimum atomic E-state index is -2.81. The van der Waals surface area contributed by atoms with E-state index in [0.29, 0.717) is 69.1 Å². The number of ether oxygens (including phenoxy) is 2. The molecule has 2 amide bonds. The van der Waals surface area contributed by atoms with Gasteiger partial charge in [-0.05, 0) is 45.7 Å². The number of alkyl carbamates (subject to hydrolysis) is 1. The van der Waals surface area contributed by atoms with Gasteiger partial charge in [0.15, 0.2) is 5.82 Å². The molecule has 3 aromatic rings. The van der Waals surface area contributed by atoms with Crippen molar-refractivity contribution in [1.29, 1.82) is 0 Å². The number of halogens is 2. The van der Waals surface area contributed by atoms with Crippen LogP contribution >= 0.6 is 0 Å². The van der Waals surface area contributed by atoms with E-state index in [1.165, 1.54) is 4.57 Å². The molecule has 1 aromatic carbocycles. The summed E-state index contributed by atoms with van der Waals surface area (Å²) in [6, 6.07) is 8.86. The summed E-state index contributed by atoms with van der Waals surface area (Å²) in [5.41, 5.74) is 1.02. The normalized spacial score (nSPS) is 16.8.